The second kappa shape index (κ2) is 11.6. The van der Waals surface area contributed by atoms with Gasteiger partial charge in [0, 0.05) is 17.1 Å². The molecule has 15 heteroatoms. The van der Waals surface area contributed by atoms with Crippen LogP contribution in [0.25, 0.3) is 0 Å². The highest BCUT2D eigenvalue weighted by molar-refractivity contribution is 6.31. The third-order valence-electron chi connectivity index (χ3n) is 5.15. The number of carbonyl (C=O) groups is 5. The summed E-state index contributed by atoms with van der Waals surface area (Å²) in [5.41, 5.74) is 0.191. The molecule has 0 bridgehead atoms. The second-order valence-corrected chi connectivity index (χ2v) is 8.34. The molecule has 0 spiro atoms. The van der Waals surface area contributed by atoms with Gasteiger partial charge in [0.2, 0.25) is 17.6 Å². The first-order chi connectivity index (χ1) is 16.6. The van der Waals surface area contributed by atoms with Crippen molar-refractivity contribution in [2.24, 2.45) is 0 Å². The van der Waals surface area contributed by atoms with Gasteiger partial charge in [-0.2, -0.15) is 22.0 Å². The predicted molar refractivity (Wildman–Crippen MR) is 115 cm³/mol. The van der Waals surface area contributed by atoms with Crippen LogP contribution in [-0.2, 0) is 19.2 Å². The van der Waals surface area contributed by atoms with Crippen molar-refractivity contribution in [3.8, 4) is 0 Å². The number of likely N-dealkylation sites (tertiary alicyclic amines) is 1. The van der Waals surface area contributed by atoms with Crippen LogP contribution in [0, 0.1) is 0 Å². The number of halogens is 6. The number of hydrogen-bond donors (Lipinski definition) is 3. The number of carbonyl (C=O) groups excluding carboxylic acids is 5. The maximum atomic E-state index is 13.8. The average molecular weight is 541 g/mol. The fraction of sp³-hybridized carbons (Fsp3) is 0.476. The van der Waals surface area contributed by atoms with Gasteiger partial charge in [-0.15, -0.1) is 0 Å². The maximum absolute atomic E-state index is 13.8. The van der Waals surface area contributed by atoms with E-state index in [1.807, 2.05) is 5.32 Å². The van der Waals surface area contributed by atoms with Crippen molar-refractivity contribution in [2.45, 2.75) is 43.9 Å². The van der Waals surface area contributed by atoms with Gasteiger partial charge in [-0.05, 0) is 38.0 Å². The Labute approximate surface area is 206 Å². The van der Waals surface area contributed by atoms with Crippen LogP contribution >= 0.6 is 11.6 Å². The van der Waals surface area contributed by atoms with Crippen LogP contribution in [0.3, 0.4) is 0 Å². The molecule has 9 nitrogen and oxygen atoms in total. The predicted octanol–water partition coefficient (Wildman–Crippen LogP) is 1.45. The van der Waals surface area contributed by atoms with Crippen molar-refractivity contribution in [1.29, 1.82) is 0 Å². The lowest BCUT2D eigenvalue weighted by Crippen LogP contribution is -2.55. The Kier molecular flexibility index (Phi) is 9.35. The standard InChI is InChI=1S/C21H22ClF5N4O5/c1-11(30-16(33)12-4-2-5-13(22)8-12)18(35)31-7-3-6-14(31)17(34)28-9-15(32)21(26,27)19(36)29-10-20(23,24)25/h2,4-5,8,11,14H,3,6-7,9-10H2,1H3,(H,28,34)(H,29,36)(H,30,33). The van der Waals surface area contributed by atoms with E-state index in [1.165, 1.54) is 25.1 Å². The van der Waals surface area contributed by atoms with Crippen LogP contribution in [0.4, 0.5) is 22.0 Å². The van der Waals surface area contributed by atoms with Gasteiger partial charge in [-0.3, -0.25) is 24.0 Å². The molecule has 0 radical (unpaired) electrons. The summed E-state index contributed by atoms with van der Waals surface area (Å²) in [5.74, 6) is -11.6. The number of rotatable bonds is 9. The first kappa shape index (κ1) is 28.9. The third kappa shape index (κ3) is 7.60. The first-order valence-electron chi connectivity index (χ1n) is 10.5. The Balaban J connectivity index is 1.94. The van der Waals surface area contributed by atoms with Crippen LogP contribution in [0.15, 0.2) is 24.3 Å². The quantitative estimate of drug-likeness (QED) is 0.323. The Morgan fingerprint density at radius 2 is 1.78 bits per heavy atom. The summed E-state index contributed by atoms with van der Waals surface area (Å²) in [4.78, 5) is 61.7. The smallest absolute Gasteiger partial charge is 0.347 e. The molecule has 36 heavy (non-hydrogen) atoms. The molecule has 1 saturated heterocycles. The molecule has 1 aromatic carbocycles. The summed E-state index contributed by atoms with van der Waals surface area (Å²) in [6, 6.07) is 3.72. The molecule has 1 aliphatic rings. The van der Waals surface area contributed by atoms with Crippen LogP contribution in [-0.4, -0.2) is 78.1 Å². The summed E-state index contributed by atoms with van der Waals surface area (Å²) in [6.45, 7) is -1.93. The molecule has 0 saturated carbocycles. The van der Waals surface area contributed by atoms with Crippen LogP contribution < -0.4 is 16.0 Å². The molecule has 1 aliphatic heterocycles. The molecule has 2 unspecified atom stereocenters. The van der Waals surface area contributed by atoms with E-state index in [9.17, 15) is 45.9 Å². The van der Waals surface area contributed by atoms with Gasteiger partial charge in [0.05, 0.1) is 6.54 Å². The minimum Gasteiger partial charge on any atom is -0.347 e. The van der Waals surface area contributed by atoms with E-state index >= 15 is 0 Å². The summed E-state index contributed by atoms with van der Waals surface area (Å²) in [7, 11) is 0. The topological polar surface area (TPSA) is 125 Å². The van der Waals surface area contributed by atoms with E-state index in [-0.39, 0.29) is 18.5 Å². The lowest BCUT2D eigenvalue weighted by Gasteiger charge is -2.27. The summed E-state index contributed by atoms with van der Waals surface area (Å²) >= 11 is 5.84. The van der Waals surface area contributed by atoms with Crippen LogP contribution in [0.2, 0.25) is 5.02 Å². The maximum Gasteiger partial charge on any atom is 0.405 e. The number of Topliss-reactive ketones (excluding diaryl/α,β-unsaturated/α-hetero) is 1. The zero-order valence-electron chi connectivity index (χ0n) is 18.8. The minimum absolute atomic E-state index is 0.109. The monoisotopic (exact) mass is 540 g/mol. The van der Waals surface area contributed by atoms with E-state index < -0.39 is 66.7 Å². The number of ketones is 1. The number of alkyl halides is 5. The molecule has 1 heterocycles. The van der Waals surface area contributed by atoms with Crippen LogP contribution in [0.1, 0.15) is 30.1 Å². The van der Waals surface area contributed by atoms with E-state index in [0.29, 0.717) is 11.4 Å². The normalized spacial score (nSPS) is 16.8. The van der Waals surface area contributed by atoms with E-state index in [2.05, 4.69) is 5.32 Å². The van der Waals surface area contributed by atoms with Gasteiger partial charge in [0.1, 0.15) is 18.6 Å². The summed E-state index contributed by atoms with van der Waals surface area (Å²) in [5, 5.41) is 5.56. The number of nitrogens with zero attached hydrogens (tertiary/aromatic N) is 1. The van der Waals surface area contributed by atoms with Crippen molar-refractivity contribution in [3.05, 3.63) is 34.9 Å². The average Bonchev–Trinajstić information content (AvgIpc) is 3.29. The Hall–Kier alpha value is -3.29. The van der Waals surface area contributed by atoms with Crippen molar-refractivity contribution < 1.29 is 45.9 Å². The molecule has 1 fully saturated rings. The highest BCUT2D eigenvalue weighted by atomic mass is 35.5. The molecule has 3 N–H and O–H groups in total. The highest BCUT2D eigenvalue weighted by Crippen LogP contribution is 2.20. The molecule has 0 aliphatic carbocycles. The lowest BCUT2D eigenvalue weighted by atomic mass is 10.1. The van der Waals surface area contributed by atoms with Crippen LogP contribution in [0.5, 0.6) is 0 Å². The molecule has 198 valence electrons. The highest BCUT2D eigenvalue weighted by Gasteiger charge is 2.48. The van der Waals surface area contributed by atoms with E-state index in [4.69, 9.17) is 11.6 Å². The third-order valence-corrected chi connectivity index (χ3v) is 5.39. The van der Waals surface area contributed by atoms with Gasteiger partial charge >= 0.3 is 12.1 Å². The van der Waals surface area contributed by atoms with Crippen molar-refractivity contribution in [3.63, 3.8) is 0 Å². The summed E-state index contributed by atoms with van der Waals surface area (Å²) in [6.07, 6.45) is -4.47. The Bertz CT molecular complexity index is 1040. The molecule has 2 atom stereocenters. The molecule has 1 aromatic rings. The zero-order valence-corrected chi connectivity index (χ0v) is 19.5. The van der Waals surface area contributed by atoms with Crippen molar-refractivity contribution >= 4 is 41.0 Å². The molecule has 2 rings (SSSR count). The van der Waals surface area contributed by atoms with Gasteiger partial charge in [-0.1, -0.05) is 17.7 Å². The second-order valence-electron chi connectivity index (χ2n) is 7.91. The van der Waals surface area contributed by atoms with Gasteiger partial charge < -0.3 is 20.9 Å². The lowest BCUT2D eigenvalue weighted by molar-refractivity contribution is -0.163. The van der Waals surface area contributed by atoms with Crippen molar-refractivity contribution in [1.82, 2.24) is 20.9 Å². The number of amides is 4. The van der Waals surface area contributed by atoms with Crippen molar-refractivity contribution in [2.75, 3.05) is 19.6 Å². The fourth-order valence-corrected chi connectivity index (χ4v) is 3.53. The number of hydrogen-bond acceptors (Lipinski definition) is 5. The fourth-order valence-electron chi connectivity index (χ4n) is 3.34. The van der Waals surface area contributed by atoms with Gasteiger partial charge in [-0.25, -0.2) is 0 Å². The molecular weight excluding hydrogens is 519 g/mol. The Morgan fingerprint density at radius 3 is 2.39 bits per heavy atom. The number of benzene rings is 1. The SMILES string of the molecule is CC(NC(=O)c1cccc(Cl)c1)C(=O)N1CCCC1C(=O)NCC(=O)C(F)(F)C(=O)NCC(F)(F)F. The van der Waals surface area contributed by atoms with E-state index in [1.54, 1.807) is 6.07 Å². The number of nitrogens with one attached hydrogen (secondary N) is 3. The molecule has 4 amide bonds. The zero-order chi connectivity index (χ0) is 27.3. The van der Waals surface area contributed by atoms with E-state index in [0.717, 1.165) is 10.2 Å². The van der Waals surface area contributed by atoms with Gasteiger partial charge in [0.25, 0.3) is 11.8 Å². The molecular formula is C21H22ClF5N4O5. The largest absolute Gasteiger partial charge is 0.405 e. The first-order valence-corrected chi connectivity index (χ1v) is 10.9. The summed E-state index contributed by atoms with van der Waals surface area (Å²) < 4.78 is 63.9. The molecule has 0 aromatic heterocycles. The Morgan fingerprint density at radius 1 is 1.11 bits per heavy atom. The van der Waals surface area contributed by atoms with Gasteiger partial charge in [0.15, 0.2) is 0 Å². The minimum atomic E-state index is -4.97.